The number of hydrogen-bond donors (Lipinski definition) is 1. The minimum absolute atomic E-state index is 0.761. The van der Waals surface area contributed by atoms with Gasteiger partial charge < -0.3 is 5.73 Å². The van der Waals surface area contributed by atoms with Crippen molar-refractivity contribution in [3.8, 4) is 0 Å². The Balaban J connectivity index is 2.01. The first-order valence-electron chi connectivity index (χ1n) is 4.75. The summed E-state index contributed by atoms with van der Waals surface area (Å²) in [5.41, 5.74) is 10.4. The molecule has 3 rings (SSSR count). The molecule has 0 radical (unpaired) electrons. The molecule has 0 spiro atoms. The highest BCUT2D eigenvalue weighted by molar-refractivity contribution is 6.36. The summed E-state index contributed by atoms with van der Waals surface area (Å²) in [6, 6.07) is 7.68. The van der Waals surface area contributed by atoms with Crippen molar-refractivity contribution in [2.75, 3.05) is 5.73 Å². The summed E-state index contributed by atoms with van der Waals surface area (Å²) in [5, 5.41) is 8.26. The summed E-state index contributed by atoms with van der Waals surface area (Å²) in [7, 11) is 0. The molecule has 1 aromatic carbocycles. The molecular formula is C12H9N3. The molecule has 2 N–H and O–H groups in total. The van der Waals surface area contributed by atoms with Crippen LogP contribution in [0.25, 0.3) is 0 Å². The number of benzene rings is 1. The molecule has 0 unspecified atom stereocenters. The van der Waals surface area contributed by atoms with E-state index < -0.39 is 0 Å². The van der Waals surface area contributed by atoms with Gasteiger partial charge in [-0.05, 0) is 18.2 Å². The van der Waals surface area contributed by atoms with Crippen LogP contribution < -0.4 is 5.73 Å². The Hall–Kier alpha value is -2.16. The third-order valence-electron chi connectivity index (χ3n) is 2.49. The molecule has 2 aliphatic rings. The fourth-order valence-corrected chi connectivity index (χ4v) is 1.71. The van der Waals surface area contributed by atoms with Gasteiger partial charge >= 0.3 is 0 Å². The Bertz CT molecular complexity index is 530. The van der Waals surface area contributed by atoms with Crippen LogP contribution in [0, 0.1) is 0 Å². The second-order valence-electron chi connectivity index (χ2n) is 3.50. The van der Waals surface area contributed by atoms with Gasteiger partial charge in [0.2, 0.25) is 0 Å². The van der Waals surface area contributed by atoms with Crippen molar-refractivity contribution in [2.24, 2.45) is 10.2 Å². The standard InChI is InChI=1S/C12H9N3/c13-9-6-4-8(5-7-9)12-10-2-1-3-11(10)14-15-12/h1-7H,13H2. The molecule has 3 heteroatoms. The molecule has 0 bridgehead atoms. The van der Waals surface area contributed by atoms with Gasteiger partial charge in [0.15, 0.2) is 0 Å². The van der Waals surface area contributed by atoms with Gasteiger partial charge in [-0.15, -0.1) is 10.2 Å². The van der Waals surface area contributed by atoms with Gasteiger partial charge in [0.25, 0.3) is 0 Å². The molecule has 15 heavy (non-hydrogen) atoms. The van der Waals surface area contributed by atoms with Crippen LogP contribution in [0.2, 0.25) is 0 Å². The van der Waals surface area contributed by atoms with E-state index in [1.165, 1.54) is 0 Å². The Morgan fingerprint density at radius 3 is 2.60 bits per heavy atom. The maximum atomic E-state index is 5.64. The first kappa shape index (κ1) is 8.17. The molecule has 3 nitrogen and oxygen atoms in total. The summed E-state index contributed by atoms with van der Waals surface area (Å²) in [5.74, 6) is 0. The van der Waals surface area contributed by atoms with Gasteiger partial charge in [0.05, 0.1) is 5.71 Å². The number of fused-ring (bicyclic) bond motifs is 1. The van der Waals surface area contributed by atoms with Crippen LogP contribution in [-0.4, -0.2) is 11.4 Å². The van der Waals surface area contributed by atoms with E-state index in [4.69, 9.17) is 5.73 Å². The Labute approximate surface area is 87.3 Å². The number of nitrogen functional groups attached to an aromatic ring is 1. The van der Waals surface area contributed by atoms with Crippen molar-refractivity contribution in [2.45, 2.75) is 0 Å². The van der Waals surface area contributed by atoms with E-state index in [0.29, 0.717) is 0 Å². The van der Waals surface area contributed by atoms with Crippen LogP contribution in [0.1, 0.15) is 5.56 Å². The largest absolute Gasteiger partial charge is 0.399 e. The maximum Gasteiger partial charge on any atom is 0.102 e. The van der Waals surface area contributed by atoms with E-state index in [-0.39, 0.29) is 0 Å². The fourth-order valence-electron chi connectivity index (χ4n) is 1.71. The smallest absolute Gasteiger partial charge is 0.102 e. The van der Waals surface area contributed by atoms with Crippen LogP contribution >= 0.6 is 0 Å². The molecule has 0 aromatic heterocycles. The second kappa shape index (κ2) is 2.92. The average Bonchev–Trinajstić information content (AvgIpc) is 2.80. The number of anilines is 1. The van der Waals surface area contributed by atoms with E-state index in [0.717, 1.165) is 28.2 Å². The molecule has 0 saturated heterocycles. The summed E-state index contributed by atoms with van der Waals surface area (Å²) in [6.07, 6.45) is 5.98. The molecule has 0 fully saturated rings. The van der Waals surface area contributed by atoms with Gasteiger partial charge in [-0.1, -0.05) is 24.3 Å². The van der Waals surface area contributed by atoms with Crippen LogP contribution in [0.3, 0.4) is 0 Å². The second-order valence-corrected chi connectivity index (χ2v) is 3.50. The molecule has 0 amide bonds. The van der Waals surface area contributed by atoms with Crippen molar-refractivity contribution >= 4 is 17.1 Å². The molecule has 1 aliphatic heterocycles. The molecular weight excluding hydrogens is 186 g/mol. The molecule has 72 valence electrons. The number of nitrogens with zero attached hydrogens (tertiary/aromatic N) is 2. The van der Waals surface area contributed by atoms with Gasteiger partial charge in [0.1, 0.15) is 5.71 Å². The zero-order valence-electron chi connectivity index (χ0n) is 8.01. The van der Waals surface area contributed by atoms with Crippen molar-refractivity contribution in [1.82, 2.24) is 0 Å². The SMILES string of the molecule is Nc1ccc(C2=NN=C3C=CC=C32)cc1. The normalized spacial score (nSPS) is 17.2. The summed E-state index contributed by atoms with van der Waals surface area (Å²) in [6.45, 7) is 0. The highest BCUT2D eigenvalue weighted by atomic mass is 15.2. The lowest BCUT2D eigenvalue weighted by atomic mass is 10.0. The van der Waals surface area contributed by atoms with Crippen molar-refractivity contribution in [1.29, 1.82) is 0 Å². The topological polar surface area (TPSA) is 50.7 Å². The Kier molecular flexibility index (Phi) is 1.59. The molecule has 0 atom stereocenters. The number of nitrogens with two attached hydrogens (primary N) is 1. The third-order valence-corrected chi connectivity index (χ3v) is 2.49. The lowest BCUT2D eigenvalue weighted by Gasteiger charge is -2.02. The zero-order valence-corrected chi connectivity index (χ0v) is 8.01. The van der Waals surface area contributed by atoms with Gasteiger partial charge in [-0.3, -0.25) is 0 Å². The lowest BCUT2D eigenvalue weighted by Crippen LogP contribution is -2.05. The number of hydrogen-bond acceptors (Lipinski definition) is 3. The van der Waals surface area contributed by atoms with Crippen molar-refractivity contribution in [3.63, 3.8) is 0 Å². The van der Waals surface area contributed by atoms with E-state index >= 15 is 0 Å². The number of allylic oxidation sites excluding steroid dienone is 4. The predicted octanol–water partition coefficient (Wildman–Crippen LogP) is 1.92. The highest BCUT2D eigenvalue weighted by Crippen LogP contribution is 2.22. The maximum absolute atomic E-state index is 5.64. The quantitative estimate of drug-likeness (QED) is 0.684. The molecule has 1 aliphatic carbocycles. The summed E-state index contributed by atoms with van der Waals surface area (Å²) < 4.78 is 0. The van der Waals surface area contributed by atoms with Crippen LogP contribution in [-0.2, 0) is 0 Å². The Morgan fingerprint density at radius 1 is 1.00 bits per heavy atom. The fraction of sp³-hybridized carbons (Fsp3) is 0. The summed E-state index contributed by atoms with van der Waals surface area (Å²) in [4.78, 5) is 0. The van der Waals surface area contributed by atoms with Gasteiger partial charge in [0, 0.05) is 16.8 Å². The first-order chi connectivity index (χ1) is 7.34. The molecule has 1 aromatic rings. The van der Waals surface area contributed by atoms with Gasteiger partial charge in [-0.25, -0.2) is 0 Å². The third kappa shape index (κ3) is 1.21. The summed E-state index contributed by atoms with van der Waals surface area (Å²) >= 11 is 0. The van der Waals surface area contributed by atoms with Crippen molar-refractivity contribution in [3.05, 3.63) is 53.6 Å². The van der Waals surface area contributed by atoms with Crippen LogP contribution in [0.5, 0.6) is 0 Å². The minimum atomic E-state index is 0.761. The highest BCUT2D eigenvalue weighted by Gasteiger charge is 2.21. The zero-order chi connectivity index (χ0) is 10.3. The number of rotatable bonds is 1. The Morgan fingerprint density at radius 2 is 1.80 bits per heavy atom. The van der Waals surface area contributed by atoms with E-state index in [9.17, 15) is 0 Å². The molecule has 0 saturated carbocycles. The average molecular weight is 195 g/mol. The van der Waals surface area contributed by atoms with E-state index in [1.807, 2.05) is 42.5 Å². The minimum Gasteiger partial charge on any atom is -0.399 e. The van der Waals surface area contributed by atoms with Crippen LogP contribution in [0.15, 0.2) is 58.3 Å². The van der Waals surface area contributed by atoms with Gasteiger partial charge in [-0.2, -0.15) is 0 Å². The first-order valence-corrected chi connectivity index (χ1v) is 4.75. The monoisotopic (exact) mass is 195 g/mol. The van der Waals surface area contributed by atoms with E-state index in [1.54, 1.807) is 0 Å². The van der Waals surface area contributed by atoms with E-state index in [2.05, 4.69) is 10.2 Å². The van der Waals surface area contributed by atoms with Crippen molar-refractivity contribution < 1.29 is 0 Å². The van der Waals surface area contributed by atoms with Crippen LogP contribution in [0.4, 0.5) is 5.69 Å². The lowest BCUT2D eigenvalue weighted by molar-refractivity contribution is 1.27. The molecule has 1 heterocycles. The predicted molar refractivity (Wildman–Crippen MR) is 62.0 cm³/mol.